The van der Waals surface area contributed by atoms with Gasteiger partial charge < -0.3 is 10.2 Å². The first kappa shape index (κ1) is 14.5. The van der Waals surface area contributed by atoms with Gasteiger partial charge in [0.15, 0.2) is 0 Å². The average molecular weight is 238 g/mol. The van der Waals surface area contributed by atoms with Crippen molar-refractivity contribution in [1.82, 2.24) is 0 Å². The molecular formula is C15H26O2. The normalized spacial score (nSPS) is 34.5. The maximum Gasteiger partial charge on any atom is 0.0855 e. The summed E-state index contributed by atoms with van der Waals surface area (Å²) in [5.74, 6) is 0.227. The van der Waals surface area contributed by atoms with Crippen molar-refractivity contribution in [1.29, 1.82) is 0 Å². The van der Waals surface area contributed by atoms with E-state index in [9.17, 15) is 10.2 Å². The summed E-state index contributed by atoms with van der Waals surface area (Å²) in [7, 11) is 0. The van der Waals surface area contributed by atoms with E-state index in [0.29, 0.717) is 12.8 Å². The van der Waals surface area contributed by atoms with E-state index in [-0.39, 0.29) is 5.92 Å². The number of rotatable bonds is 4. The highest BCUT2D eigenvalue weighted by molar-refractivity contribution is 5.14. The Morgan fingerprint density at radius 1 is 1.29 bits per heavy atom. The Morgan fingerprint density at radius 3 is 2.41 bits per heavy atom. The Kier molecular flexibility index (Phi) is 4.56. The number of allylic oxidation sites excluding steroid dienone is 2. The molecule has 0 aliphatic heterocycles. The van der Waals surface area contributed by atoms with Crippen molar-refractivity contribution in [2.45, 2.75) is 64.6 Å². The van der Waals surface area contributed by atoms with Gasteiger partial charge in [0.2, 0.25) is 0 Å². The van der Waals surface area contributed by atoms with E-state index in [1.165, 1.54) is 5.57 Å². The van der Waals surface area contributed by atoms with Gasteiger partial charge in [-0.15, -0.1) is 0 Å². The third-order valence-corrected chi connectivity index (χ3v) is 3.77. The molecular weight excluding hydrogens is 212 g/mol. The van der Waals surface area contributed by atoms with Crippen molar-refractivity contribution in [3.05, 3.63) is 23.8 Å². The summed E-state index contributed by atoms with van der Waals surface area (Å²) in [4.78, 5) is 0. The van der Waals surface area contributed by atoms with E-state index in [1.807, 2.05) is 0 Å². The van der Waals surface area contributed by atoms with Crippen LogP contribution in [-0.2, 0) is 0 Å². The second-order valence-corrected chi connectivity index (χ2v) is 5.94. The molecule has 0 saturated heterocycles. The van der Waals surface area contributed by atoms with Crippen molar-refractivity contribution in [3.63, 3.8) is 0 Å². The molecule has 98 valence electrons. The zero-order chi connectivity index (χ0) is 13.1. The summed E-state index contributed by atoms with van der Waals surface area (Å²) in [5, 5.41) is 20.3. The fraction of sp³-hybridized carbons (Fsp3) is 0.733. The van der Waals surface area contributed by atoms with Gasteiger partial charge in [0.05, 0.1) is 11.2 Å². The summed E-state index contributed by atoms with van der Waals surface area (Å²) < 4.78 is 0. The minimum atomic E-state index is -0.744. The van der Waals surface area contributed by atoms with E-state index in [1.54, 1.807) is 19.1 Å². The molecule has 3 atom stereocenters. The average Bonchev–Trinajstić information content (AvgIpc) is 2.22. The third-order valence-electron chi connectivity index (χ3n) is 3.77. The molecule has 0 aromatic heterocycles. The summed E-state index contributed by atoms with van der Waals surface area (Å²) in [6, 6.07) is 0. The minimum Gasteiger partial charge on any atom is -0.386 e. The maximum absolute atomic E-state index is 10.5. The second-order valence-electron chi connectivity index (χ2n) is 5.94. The second kappa shape index (κ2) is 5.36. The van der Waals surface area contributed by atoms with Crippen molar-refractivity contribution in [2.24, 2.45) is 5.92 Å². The molecule has 2 heteroatoms. The van der Waals surface area contributed by atoms with Gasteiger partial charge in [-0.2, -0.15) is 0 Å². The highest BCUT2D eigenvalue weighted by atomic mass is 16.3. The van der Waals surface area contributed by atoms with Crippen LogP contribution < -0.4 is 0 Å². The van der Waals surface area contributed by atoms with Gasteiger partial charge >= 0.3 is 0 Å². The van der Waals surface area contributed by atoms with Crippen LogP contribution in [0, 0.1) is 5.92 Å². The Hall–Kier alpha value is -0.600. The van der Waals surface area contributed by atoms with Gasteiger partial charge in [0, 0.05) is 0 Å². The molecule has 1 rings (SSSR count). The van der Waals surface area contributed by atoms with Gasteiger partial charge in [-0.1, -0.05) is 30.7 Å². The third kappa shape index (κ3) is 4.29. The highest BCUT2D eigenvalue weighted by Gasteiger charge is 2.36. The van der Waals surface area contributed by atoms with Gasteiger partial charge in [-0.05, 0) is 52.4 Å². The smallest absolute Gasteiger partial charge is 0.0855 e. The monoisotopic (exact) mass is 238 g/mol. The van der Waals surface area contributed by atoms with Crippen molar-refractivity contribution in [2.75, 3.05) is 0 Å². The summed E-state index contributed by atoms with van der Waals surface area (Å²) in [5.41, 5.74) is -0.157. The lowest BCUT2D eigenvalue weighted by Crippen LogP contribution is -2.41. The molecule has 2 N–H and O–H groups in total. The van der Waals surface area contributed by atoms with Crippen LogP contribution >= 0.6 is 0 Å². The molecule has 0 spiro atoms. The molecule has 0 amide bonds. The zero-order valence-electron chi connectivity index (χ0n) is 11.5. The van der Waals surface area contributed by atoms with Gasteiger partial charge in [0.25, 0.3) is 0 Å². The van der Waals surface area contributed by atoms with Crippen molar-refractivity contribution in [3.8, 4) is 0 Å². The SMILES string of the molecule is CC(C)=CCC[C@H](C)[C@]1(O)C=C[C@@](C)(O)CC1. The Morgan fingerprint density at radius 2 is 1.94 bits per heavy atom. The first-order chi connectivity index (χ1) is 7.75. The van der Waals surface area contributed by atoms with Crippen LogP contribution in [-0.4, -0.2) is 21.4 Å². The lowest BCUT2D eigenvalue weighted by atomic mass is 9.75. The molecule has 0 aromatic rings. The highest BCUT2D eigenvalue weighted by Crippen LogP contribution is 2.35. The quantitative estimate of drug-likeness (QED) is 0.738. The van der Waals surface area contributed by atoms with Crippen LogP contribution in [0.4, 0.5) is 0 Å². The molecule has 1 aliphatic carbocycles. The molecule has 0 unspecified atom stereocenters. The molecule has 0 fully saturated rings. The lowest BCUT2D eigenvalue weighted by molar-refractivity contribution is -0.0155. The Balaban J connectivity index is 2.57. The van der Waals surface area contributed by atoms with E-state index >= 15 is 0 Å². The predicted octanol–water partition coefficient (Wildman–Crippen LogP) is 3.20. The molecule has 0 saturated carbocycles. The summed E-state index contributed by atoms with van der Waals surface area (Å²) >= 11 is 0. The van der Waals surface area contributed by atoms with Gasteiger partial charge in [0.1, 0.15) is 0 Å². The number of hydrogen-bond acceptors (Lipinski definition) is 2. The molecule has 0 radical (unpaired) electrons. The fourth-order valence-electron chi connectivity index (χ4n) is 2.23. The van der Waals surface area contributed by atoms with E-state index in [2.05, 4.69) is 26.8 Å². The van der Waals surface area contributed by atoms with Crippen LogP contribution in [0.2, 0.25) is 0 Å². The van der Waals surface area contributed by atoms with E-state index < -0.39 is 11.2 Å². The molecule has 1 aliphatic rings. The zero-order valence-corrected chi connectivity index (χ0v) is 11.5. The largest absolute Gasteiger partial charge is 0.386 e. The lowest BCUT2D eigenvalue weighted by Gasteiger charge is -2.38. The molecule has 0 bridgehead atoms. The molecule has 2 nitrogen and oxygen atoms in total. The van der Waals surface area contributed by atoms with Crippen LogP contribution in [0.1, 0.15) is 53.4 Å². The van der Waals surface area contributed by atoms with Crippen LogP contribution in [0.15, 0.2) is 23.8 Å². The summed E-state index contributed by atoms with van der Waals surface area (Å²) in [6.07, 6.45) is 9.02. The first-order valence-corrected chi connectivity index (χ1v) is 6.54. The van der Waals surface area contributed by atoms with E-state index in [0.717, 1.165) is 12.8 Å². The molecule has 0 heterocycles. The number of aliphatic hydroxyl groups is 2. The van der Waals surface area contributed by atoms with Crippen molar-refractivity contribution >= 4 is 0 Å². The predicted molar refractivity (Wildman–Crippen MR) is 71.8 cm³/mol. The van der Waals surface area contributed by atoms with Crippen molar-refractivity contribution < 1.29 is 10.2 Å². The maximum atomic E-state index is 10.5. The number of hydrogen-bond donors (Lipinski definition) is 2. The standard InChI is InChI=1S/C15H26O2/c1-12(2)6-5-7-13(3)15(17)10-8-14(4,16)9-11-15/h6,8,10,13,16-17H,5,7,9,11H2,1-4H3/t13-,14+,15-/m0/s1. The van der Waals surface area contributed by atoms with E-state index in [4.69, 9.17) is 0 Å². The van der Waals surface area contributed by atoms with Crippen LogP contribution in [0.25, 0.3) is 0 Å². The molecule has 0 aromatic carbocycles. The first-order valence-electron chi connectivity index (χ1n) is 6.54. The van der Waals surface area contributed by atoms with Crippen LogP contribution in [0.5, 0.6) is 0 Å². The molecule has 17 heavy (non-hydrogen) atoms. The Labute approximate surface area is 105 Å². The van der Waals surface area contributed by atoms with Gasteiger partial charge in [-0.25, -0.2) is 0 Å². The van der Waals surface area contributed by atoms with Gasteiger partial charge in [-0.3, -0.25) is 0 Å². The minimum absolute atomic E-state index is 0.227. The van der Waals surface area contributed by atoms with Crippen LogP contribution in [0.3, 0.4) is 0 Å². The fourth-order valence-corrected chi connectivity index (χ4v) is 2.23. The summed E-state index contributed by atoms with van der Waals surface area (Å²) in [6.45, 7) is 8.06. The Bertz CT molecular complexity index is 311. The topological polar surface area (TPSA) is 40.5 Å².